The molecule has 60 valence electrons. The van der Waals surface area contributed by atoms with Gasteiger partial charge in [-0.05, 0) is 26.7 Å². The molecule has 1 fully saturated rings. The second kappa shape index (κ2) is 3.10. The van der Waals surface area contributed by atoms with Crippen molar-refractivity contribution in [2.45, 2.75) is 31.6 Å². The molecule has 0 aliphatic carbocycles. The zero-order valence-corrected chi connectivity index (χ0v) is 7.45. The Kier molecular flexibility index (Phi) is 2.59. The predicted octanol–water partition coefficient (Wildman–Crippen LogP) is 2.43. The van der Waals surface area contributed by atoms with Crippen LogP contribution in [0.15, 0.2) is 0 Å². The zero-order chi connectivity index (χ0) is 7.61. The predicted molar refractivity (Wildman–Crippen MR) is 43.5 cm³/mol. The first-order valence-corrected chi connectivity index (χ1v) is 4.25. The van der Waals surface area contributed by atoms with Gasteiger partial charge in [-0.2, -0.15) is 0 Å². The molecule has 0 bridgehead atoms. The highest BCUT2D eigenvalue weighted by molar-refractivity contribution is 6.23. The third kappa shape index (κ3) is 2.14. The average Bonchev–Trinajstić information content (AvgIpc) is 1.88. The number of ether oxygens (including phenoxy) is 1. The average molecular weight is 163 g/mol. The molecule has 2 heteroatoms. The van der Waals surface area contributed by atoms with E-state index >= 15 is 0 Å². The third-order valence-electron chi connectivity index (χ3n) is 2.13. The van der Waals surface area contributed by atoms with Gasteiger partial charge >= 0.3 is 0 Å². The second-order valence-electron chi connectivity index (χ2n) is 3.48. The van der Waals surface area contributed by atoms with E-state index in [9.17, 15) is 0 Å². The minimum Gasteiger partial charge on any atom is -0.381 e. The standard InChI is InChI=1S/C8H15ClO/c1-8(2,9)7-4-3-5-10-6-7/h7H,3-6H2,1-2H3. The van der Waals surface area contributed by atoms with Gasteiger partial charge in [0.05, 0.1) is 6.61 Å². The maximum absolute atomic E-state index is 6.13. The highest BCUT2D eigenvalue weighted by Crippen LogP contribution is 2.30. The molecule has 0 N–H and O–H groups in total. The van der Waals surface area contributed by atoms with Gasteiger partial charge in [0, 0.05) is 17.4 Å². The molecule has 0 aromatic rings. The van der Waals surface area contributed by atoms with Crippen LogP contribution in [0.5, 0.6) is 0 Å². The molecule has 0 aromatic heterocycles. The van der Waals surface area contributed by atoms with E-state index in [1.54, 1.807) is 0 Å². The molecule has 0 radical (unpaired) electrons. The Hall–Kier alpha value is 0.250. The van der Waals surface area contributed by atoms with E-state index in [0.29, 0.717) is 5.92 Å². The molecule has 1 saturated heterocycles. The number of hydrogen-bond acceptors (Lipinski definition) is 1. The van der Waals surface area contributed by atoms with Gasteiger partial charge in [0.2, 0.25) is 0 Å². The summed E-state index contributed by atoms with van der Waals surface area (Å²) in [6.45, 7) is 5.89. The lowest BCUT2D eigenvalue weighted by Gasteiger charge is -2.31. The minimum absolute atomic E-state index is 0.0829. The van der Waals surface area contributed by atoms with Crippen LogP contribution in [0.2, 0.25) is 0 Å². The molecule has 10 heavy (non-hydrogen) atoms. The first kappa shape index (κ1) is 8.35. The van der Waals surface area contributed by atoms with Crippen molar-refractivity contribution in [3.05, 3.63) is 0 Å². The summed E-state index contributed by atoms with van der Waals surface area (Å²) >= 11 is 6.13. The minimum atomic E-state index is -0.0829. The maximum atomic E-state index is 6.13. The van der Waals surface area contributed by atoms with E-state index < -0.39 is 0 Å². The van der Waals surface area contributed by atoms with E-state index in [4.69, 9.17) is 16.3 Å². The van der Waals surface area contributed by atoms with Gasteiger partial charge in [0.1, 0.15) is 0 Å². The van der Waals surface area contributed by atoms with Crippen molar-refractivity contribution in [2.75, 3.05) is 13.2 Å². The molecule has 1 atom stereocenters. The van der Waals surface area contributed by atoms with Gasteiger partial charge in [-0.25, -0.2) is 0 Å². The Bertz CT molecular complexity index is 100. The Morgan fingerprint density at radius 2 is 2.20 bits per heavy atom. The van der Waals surface area contributed by atoms with Crippen molar-refractivity contribution in [3.63, 3.8) is 0 Å². The number of rotatable bonds is 1. The lowest BCUT2D eigenvalue weighted by atomic mass is 9.90. The number of alkyl halides is 1. The van der Waals surface area contributed by atoms with Gasteiger partial charge < -0.3 is 4.74 Å². The molecular formula is C8H15ClO. The lowest BCUT2D eigenvalue weighted by molar-refractivity contribution is 0.0427. The van der Waals surface area contributed by atoms with Crippen LogP contribution < -0.4 is 0 Å². The van der Waals surface area contributed by atoms with E-state index in [-0.39, 0.29) is 4.87 Å². The molecule has 1 aliphatic heterocycles. The van der Waals surface area contributed by atoms with Gasteiger partial charge in [-0.1, -0.05) is 0 Å². The highest BCUT2D eigenvalue weighted by atomic mass is 35.5. The van der Waals surface area contributed by atoms with Crippen LogP contribution in [0, 0.1) is 5.92 Å². The van der Waals surface area contributed by atoms with E-state index in [0.717, 1.165) is 13.2 Å². The summed E-state index contributed by atoms with van der Waals surface area (Å²) in [4.78, 5) is -0.0829. The fourth-order valence-corrected chi connectivity index (χ4v) is 1.45. The lowest BCUT2D eigenvalue weighted by Crippen LogP contribution is -2.32. The number of halogens is 1. The Morgan fingerprint density at radius 3 is 2.50 bits per heavy atom. The van der Waals surface area contributed by atoms with Crippen LogP contribution >= 0.6 is 11.6 Å². The summed E-state index contributed by atoms with van der Waals surface area (Å²) in [5.74, 6) is 0.544. The monoisotopic (exact) mass is 162 g/mol. The van der Waals surface area contributed by atoms with Crippen LogP contribution in [0.3, 0.4) is 0 Å². The summed E-state index contributed by atoms with van der Waals surface area (Å²) in [7, 11) is 0. The van der Waals surface area contributed by atoms with Crippen molar-refractivity contribution in [1.29, 1.82) is 0 Å². The van der Waals surface area contributed by atoms with Gasteiger partial charge in [0.25, 0.3) is 0 Å². The summed E-state index contributed by atoms with van der Waals surface area (Å²) in [6.07, 6.45) is 2.39. The molecule has 1 rings (SSSR count). The van der Waals surface area contributed by atoms with Crippen LogP contribution in [0.25, 0.3) is 0 Å². The van der Waals surface area contributed by atoms with Crippen LogP contribution in [0.4, 0.5) is 0 Å². The van der Waals surface area contributed by atoms with Crippen LogP contribution in [-0.2, 0) is 4.74 Å². The van der Waals surface area contributed by atoms with Gasteiger partial charge in [0.15, 0.2) is 0 Å². The van der Waals surface area contributed by atoms with Crippen molar-refractivity contribution >= 4 is 11.6 Å². The molecule has 0 aromatic carbocycles. The zero-order valence-electron chi connectivity index (χ0n) is 6.69. The quantitative estimate of drug-likeness (QED) is 0.539. The molecule has 0 spiro atoms. The summed E-state index contributed by atoms with van der Waals surface area (Å²) in [6, 6.07) is 0. The molecule has 1 aliphatic rings. The van der Waals surface area contributed by atoms with E-state index in [2.05, 4.69) is 13.8 Å². The Morgan fingerprint density at radius 1 is 1.50 bits per heavy atom. The maximum Gasteiger partial charge on any atom is 0.0510 e. The van der Waals surface area contributed by atoms with Crippen molar-refractivity contribution in [2.24, 2.45) is 5.92 Å². The fraction of sp³-hybridized carbons (Fsp3) is 1.00. The van der Waals surface area contributed by atoms with Crippen LogP contribution in [-0.4, -0.2) is 18.1 Å². The molecule has 1 heterocycles. The normalized spacial score (nSPS) is 28.5. The van der Waals surface area contributed by atoms with E-state index in [1.165, 1.54) is 12.8 Å². The van der Waals surface area contributed by atoms with Crippen molar-refractivity contribution in [3.8, 4) is 0 Å². The first-order chi connectivity index (χ1) is 4.61. The first-order valence-electron chi connectivity index (χ1n) is 3.87. The summed E-state index contributed by atoms with van der Waals surface area (Å²) < 4.78 is 5.32. The largest absolute Gasteiger partial charge is 0.381 e. The molecule has 1 nitrogen and oxygen atoms in total. The number of hydrogen-bond donors (Lipinski definition) is 0. The molecule has 0 amide bonds. The molecule has 1 unspecified atom stereocenters. The van der Waals surface area contributed by atoms with Gasteiger partial charge in [-0.15, -0.1) is 11.6 Å². The highest BCUT2D eigenvalue weighted by Gasteiger charge is 2.28. The van der Waals surface area contributed by atoms with Crippen molar-refractivity contribution in [1.82, 2.24) is 0 Å². The summed E-state index contributed by atoms with van der Waals surface area (Å²) in [5, 5.41) is 0. The van der Waals surface area contributed by atoms with Crippen LogP contribution in [0.1, 0.15) is 26.7 Å². The Balaban J connectivity index is 2.39. The van der Waals surface area contributed by atoms with Gasteiger partial charge in [-0.3, -0.25) is 0 Å². The SMILES string of the molecule is CC(C)(Cl)C1CCCOC1. The molecular weight excluding hydrogens is 148 g/mol. The Labute approximate surface area is 67.7 Å². The topological polar surface area (TPSA) is 9.23 Å². The molecule has 0 saturated carbocycles. The second-order valence-corrected chi connectivity index (χ2v) is 4.45. The third-order valence-corrected chi connectivity index (χ3v) is 2.44. The van der Waals surface area contributed by atoms with E-state index in [1.807, 2.05) is 0 Å². The summed E-state index contributed by atoms with van der Waals surface area (Å²) in [5.41, 5.74) is 0. The van der Waals surface area contributed by atoms with Crippen molar-refractivity contribution < 1.29 is 4.74 Å². The smallest absolute Gasteiger partial charge is 0.0510 e. The fourth-order valence-electron chi connectivity index (χ4n) is 1.28.